The van der Waals surface area contributed by atoms with Crippen LogP contribution in [0.5, 0.6) is 0 Å². The van der Waals surface area contributed by atoms with E-state index in [2.05, 4.69) is 33.7 Å². The van der Waals surface area contributed by atoms with Gasteiger partial charge in [0.15, 0.2) is 0 Å². The molecule has 6 heavy (non-hydrogen) atoms. The first-order chi connectivity index (χ1) is 2.00. The number of hydrogen-bond acceptors (Lipinski definition) is 1. The predicted molar refractivity (Wildman–Crippen MR) is 36.3 cm³/mol. The average molecular weight is 187 g/mol. The van der Waals surface area contributed by atoms with Gasteiger partial charge in [-0.2, -0.15) is 9.90 Å². The largest absolute Gasteiger partial charge is 0.339 e. The molecule has 0 rings (SSSR count). The van der Waals surface area contributed by atoms with Gasteiger partial charge in [-0.1, -0.05) is 0 Å². The van der Waals surface area contributed by atoms with Crippen LogP contribution in [-0.4, -0.2) is 0 Å². The van der Waals surface area contributed by atoms with Gasteiger partial charge in [-0.25, -0.2) is 0 Å². The molecule has 0 saturated carbocycles. The summed E-state index contributed by atoms with van der Waals surface area (Å²) in [5.41, 5.74) is 0. The van der Waals surface area contributed by atoms with E-state index in [0.29, 0.717) is 0 Å². The Labute approximate surface area is 53.7 Å². The highest BCUT2D eigenvalue weighted by Gasteiger charge is 2.02. The maximum Gasteiger partial charge on any atom is 0.339 e. The van der Waals surface area contributed by atoms with Crippen LogP contribution in [0.15, 0.2) is 0 Å². The van der Waals surface area contributed by atoms with Gasteiger partial charge in [0, 0.05) is 0 Å². The van der Waals surface area contributed by atoms with E-state index < -0.39 is 5.20 Å². The lowest BCUT2D eigenvalue weighted by atomic mass is 16.0. The summed E-state index contributed by atoms with van der Waals surface area (Å²) in [5, 5.41) is -3.22. The molecule has 0 bridgehead atoms. The fourth-order valence-corrected chi connectivity index (χ4v) is 0. The standard InChI is InChI=1S/Cl3OP.H3P/c1-5(2,3)4;/h;1H3. The van der Waals surface area contributed by atoms with E-state index in [1.165, 1.54) is 0 Å². The molecule has 0 spiro atoms. The highest BCUT2D eigenvalue weighted by molar-refractivity contribution is 8.24. The van der Waals surface area contributed by atoms with Crippen LogP contribution in [0.3, 0.4) is 0 Å². The zero-order valence-corrected chi connectivity index (χ0v) is 7.27. The summed E-state index contributed by atoms with van der Waals surface area (Å²) < 4.78 is 9.51. The first kappa shape index (κ1) is 10.5. The average Bonchev–Trinajstić information content (AvgIpc) is 0.722. The van der Waals surface area contributed by atoms with E-state index in [4.69, 9.17) is 0 Å². The van der Waals surface area contributed by atoms with Gasteiger partial charge in [-0.3, -0.25) is 4.57 Å². The second-order valence-corrected chi connectivity index (χ2v) is 7.04. The molecule has 1 atom stereocenters. The zero-order valence-electron chi connectivity index (χ0n) is 2.70. The molecule has 0 fully saturated rings. The summed E-state index contributed by atoms with van der Waals surface area (Å²) in [6.07, 6.45) is 0. The Kier molecular flexibility index (Phi) is 6.16. The third-order valence-electron chi connectivity index (χ3n) is 0. The molecule has 0 aliphatic heterocycles. The van der Waals surface area contributed by atoms with E-state index in [1.807, 2.05) is 0 Å². The molecule has 0 aromatic carbocycles. The van der Waals surface area contributed by atoms with Gasteiger partial charge in [0.05, 0.1) is 0 Å². The summed E-state index contributed by atoms with van der Waals surface area (Å²) in [7, 11) is 0. The van der Waals surface area contributed by atoms with Crippen LogP contribution < -0.4 is 0 Å². The van der Waals surface area contributed by atoms with Crippen molar-refractivity contribution in [3.63, 3.8) is 0 Å². The van der Waals surface area contributed by atoms with Crippen molar-refractivity contribution in [2.75, 3.05) is 0 Å². The van der Waals surface area contributed by atoms with E-state index in [-0.39, 0.29) is 9.90 Å². The smallest absolute Gasteiger partial charge is 0.271 e. The molecule has 0 N–H and O–H groups in total. The highest BCUT2D eigenvalue weighted by Crippen LogP contribution is 2.61. The van der Waals surface area contributed by atoms with Crippen molar-refractivity contribution in [2.45, 2.75) is 0 Å². The van der Waals surface area contributed by atoms with E-state index in [9.17, 15) is 4.57 Å². The maximum absolute atomic E-state index is 9.51. The minimum absolute atomic E-state index is 0. The molecule has 0 radical (unpaired) electrons. The Morgan fingerprint density at radius 3 is 1.17 bits per heavy atom. The molecule has 0 saturated heterocycles. The van der Waals surface area contributed by atoms with Crippen LogP contribution >= 0.6 is 48.8 Å². The Bertz CT molecular complexity index is 54.9. The first-order valence-electron chi connectivity index (χ1n) is 0.690. The van der Waals surface area contributed by atoms with Crippen LogP contribution in [-0.2, 0) is 4.57 Å². The third kappa shape index (κ3) is 48.5. The van der Waals surface area contributed by atoms with Crippen molar-refractivity contribution in [3.8, 4) is 0 Å². The summed E-state index contributed by atoms with van der Waals surface area (Å²) in [6, 6.07) is 0. The summed E-state index contributed by atoms with van der Waals surface area (Å²) in [5.74, 6) is 0. The molecule has 6 heteroatoms. The Morgan fingerprint density at radius 2 is 1.17 bits per heavy atom. The SMILES string of the molecule is O=P(Cl)(Cl)Cl.P. The van der Waals surface area contributed by atoms with Gasteiger partial charge in [0.1, 0.15) is 0 Å². The van der Waals surface area contributed by atoms with Gasteiger partial charge in [0.25, 0.3) is 0 Å². The lowest BCUT2D eigenvalue weighted by molar-refractivity contribution is 0.600. The monoisotopic (exact) mass is 186 g/mol. The number of rotatable bonds is 0. The van der Waals surface area contributed by atoms with E-state index in [0.717, 1.165) is 0 Å². The highest BCUT2D eigenvalue weighted by atomic mass is 36.0. The van der Waals surface area contributed by atoms with Crippen molar-refractivity contribution in [2.24, 2.45) is 0 Å². The van der Waals surface area contributed by atoms with Crippen LogP contribution in [0.2, 0.25) is 0 Å². The van der Waals surface area contributed by atoms with Crippen molar-refractivity contribution in [1.29, 1.82) is 0 Å². The molecule has 0 aliphatic carbocycles. The van der Waals surface area contributed by atoms with Gasteiger partial charge >= 0.3 is 5.20 Å². The number of hydrogen-bond donors (Lipinski definition) is 0. The molecule has 0 amide bonds. The number of halogens is 3. The molecule has 0 aromatic heterocycles. The zero-order chi connectivity index (χ0) is 4.50. The second kappa shape index (κ2) is 3.52. The van der Waals surface area contributed by atoms with E-state index >= 15 is 0 Å². The minimum Gasteiger partial charge on any atom is -0.271 e. The molecule has 0 heterocycles. The summed E-state index contributed by atoms with van der Waals surface area (Å²) in [4.78, 5) is 0. The fraction of sp³-hybridized carbons (Fsp3) is 0. The lowest BCUT2D eigenvalue weighted by Gasteiger charge is -1.74. The second-order valence-electron chi connectivity index (χ2n) is 0.399. The Hall–Kier alpha value is 1.53. The minimum atomic E-state index is -3.22. The molecular formula is H3Cl3OP2. The summed E-state index contributed by atoms with van der Waals surface area (Å²) >= 11 is 13.8. The van der Waals surface area contributed by atoms with Gasteiger partial charge in [-0.05, 0) is 33.7 Å². The Balaban J connectivity index is 0. The lowest BCUT2D eigenvalue weighted by Crippen LogP contribution is -1.19. The normalized spacial score (nSPS) is 9.83. The molecule has 0 aliphatic rings. The third-order valence-corrected chi connectivity index (χ3v) is 0. The van der Waals surface area contributed by atoms with Gasteiger partial charge < -0.3 is 0 Å². The predicted octanol–water partition coefficient (Wildman–Crippen LogP) is 2.87. The van der Waals surface area contributed by atoms with Crippen molar-refractivity contribution < 1.29 is 4.57 Å². The molecule has 1 nitrogen and oxygen atoms in total. The van der Waals surface area contributed by atoms with Crippen LogP contribution in [0.4, 0.5) is 0 Å². The van der Waals surface area contributed by atoms with Gasteiger partial charge in [-0.15, -0.1) is 0 Å². The summed E-state index contributed by atoms with van der Waals surface area (Å²) in [6.45, 7) is 0. The quantitative estimate of drug-likeness (QED) is 0.533. The molecule has 40 valence electrons. The molecule has 1 unspecified atom stereocenters. The van der Waals surface area contributed by atoms with Crippen LogP contribution in [0.25, 0.3) is 0 Å². The molecule has 0 aromatic rings. The Morgan fingerprint density at radius 1 is 1.17 bits per heavy atom. The molecular weight excluding hydrogens is 184 g/mol. The van der Waals surface area contributed by atoms with Crippen LogP contribution in [0, 0.1) is 0 Å². The van der Waals surface area contributed by atoms with Crippen molar-refractivity contribution in [1.82, 2.24) is 0 Å². The first-order valence-corrected chi connectivity index (χ1v) is 5.11. The van der Waals surface area contributed by atoms with Gasteiger partial charge in [0.2, 0.25) is 0 Å². The van der Waals surface area contributed by atoms with Crippen molar-refractivity contribution >= 4 is 48.8 Å². The van der Waals surface area contributed by atoms with Crippen molar-refractivity contribution in [3.05, 3.63) is 0 Å². The maximum atomic E-state index is 9.51. The topological polar surface area (TPSA) is 17.1 Å². The fourth-order valence-electron chi connectivity index (χ4n) is 0. The van der Waals surface area contributed by atoms with E-state index in [1.54, 1.807) is 0 Å². The van der Waals surface area contributed by atoms with Crippen LogP contribution in [0.1, 0.15) is 0 Å².